The maximum absolute atomic E-state index is 14.0. The molecular formula is C36H30O7S2. The summed E-state index contributed by atoms with van der Waals surface area (Å²) in [6, 6.07) is 23.8. The van der Waals surface area contributed by atoms with Crippen LogP contribution in [0.25, 0.3) is 0 Å². The summed E-state index contributed by atoms with van der Waals surface area (Å²) in [5.41, 5.74) is 1.53. The summed E-state index contributed by atoms with van der Waals surface area (Å²) in [5, 5.41) is 19.0. The van der Waals surface area contributed by atoms with Gasteiger partial charge in [0.15, 0.2) is 11.6 Å². The van der Waals surface area contributed by atoms with Crippen molar-refractivity contribution in [3.63, 3.8) is 0 Å². The summed E-state index contributed by atoms with van der Waals surface area (Å²) < 4.78 is 5.72. The van der Waals surface area contributed by atoms with Gasteiger partial charge in [-0.2, -0.15) is 0 Å². The maximum atomic E-state index is 14.0. The van der Waals surface area contributed by atoms with E-state index in [1.54, 1.807) is 72.8 Å². The lowest BCUT2D eigenvalue weighted by Gasteiger charge is -2.26. The first-order valence-electron chi connectivity index (χ1n) is 14.8. The van der Waals surface area contributed by atoms with E-state index in [9.17, 15) is 29.4 Å². The molecule has 45 heavy (non-hydrogen) atoms. The summed E-state index contributed by atoms with van der Waals surface area (Å²) in [6.07, 6.45) is 3.68. The SMILES string of the molecule is O=C(O)c1ccccc1Sc1cccc2c1C(=O)c1cccc(Sc3ccccc3C(=O)OCC3CCC(CO)CC3)c1C2=O. The topological polar surface area (TPSA) is 118 Å². The number of ketones is 2. The second-order valence-electron chi connectivity index (χ2n) is 11.2. The van der Waals surface area contributed by atoms with Gasteiger partial charge in [0, 0.05) is 48.4 Å². The molecule has 0 aliphatic heterocycles. The number of esters is 1. The van der Waals surface area contributed by atoms with Crippen molar-refractivity contribution in [2.24, 2.45) is 11.8 Å². The highest BCUT2D eigenvalue weighted by Crippen LogP contribution is 2.42. The Morgan fingerprint density at radius 3 is 1.64 bits per heavy atom. The van der Waals surface area contributed by atoms with Crippen molar-refractivity contribution in [2.75, 3.05) is 13.2 Å². The quantitative estimate of drug-likeness (QED) is 0.159. The molecule has 7 nitrogen and oxygen atoms in total. The van der Waals surface area contributed by atoms with Gasteiger partial charge in [-0.05, 0) is 73.9 Å². The number of aliphatic hydroxyl groups is 1. The highest BCUT2D eigenvalue weighted by molar-refractivity contribution is 7.99. The molecule has 0 saturated heterocycles. The van der Waals surface area contributed by atoms with Gasteiger partial charge < -0.3 is 14.9 Å². The van der Waals surface area contributed by atoms with Crippen molar-refractivity contribution in [1.82, 2.24) is 0 Å². The number of carbonyl (C=O) groups excluding carboxylic acids is 3. The number of carboxylic acid groups (broad SMARTS) is 1. The molecule has 4 aromatic carbocycles. The van der Waals surface area contributed by atoms with Crippen LogP contribution in [0.3, 0.4) is 0 Å². The summed E-state index contributed by atoms with van der Waals surface area (Å²) >= 11 is 2.39. The van der Waals surface area contributed by atoms with E-state index in [4.69, 9.17) is 4.74 Å². The van der Waals surface area contributed by atoms with Crippen LogP contribution >= 0.6 is 23.5 Å². The van der Waals surface area contributed by atoms with Crippen LogP contribution in [0.15, 0.2) is 105 Å². The van der Waals surface area contributed by atoms with Gasteiger partial charge in [0.25, 0.3) is 0 Å². The van der Waals surface area contributed by atoms with Gasteiger partial charge in [-0.3, -0.25) is 9.59 Å². The molecule has 0 radical (unpaired) electrons. The average Bonchev–Trinajstić information content (AvgIpc) is 3.06. The molecule has 6 rings (SSSR count). The predicted octanol–water partition coefficient (Wildman–Crippen LogP) is 7.42. The number of hydrogen-bond donors (Lipinski definition) is 2. The Balaban J connectivity index is 1.26. The smallest absolute Gasteiger partial charge is 0.339 e. The molecule has 0 heterocycles. The van der Waals surface area contributed by atoms with Gasteiger partial charge in [-0.25, -0.2) is 9.59 Å². The molecule has 1 saturated carbocycles. The fraction of sp³-hybridized carbons (Fsp3) is 0.222. The first-order chi connectivity index (χ1) is 21.9. The van der Waals surface area contributed by atoms with Crippen molar-refractivity contribution < 1.29 is 34.1 Å². The summed E-state index contributed by atoms with van der Waals surface area (Å²) in [4.78, 5) is 55.1. The minimum atomic E-state index is -1.08. The van der Waals surface area contributed by atoms with Crippen molar-refractivity contribution >= 4 is 47.0 Å². The van der Waals surface area contributed by atoms with E-state index in [2.05, 4.69) is 0 Å². The van der Waals surface area contributed by atoms with Crippen molar-refractivity contribution in [1.29, 1.82) is 0 Å². The lowest BCUT2D eigenvalue weighted by Crippen LogP contribution is -2.23. The normalized spacial score (nSPS) is 17.4. The average molecular weight is 639 g/mol. The number of benzene rings is 4. The minimum absolute atomic E-state index is 0.111. The molecule has 2 aliphatic carbocycles. The Bertz CT molecular complexity index is 1810. The molecule has 0 bridgehead atoms. The maximum Gasteiger partial charge on any atom is 0.339 e. The number of fused-ring (bicyclic) bond motifs is 2. The zero-order valence-electron chi connectivity index (χ0n) is 24.2. The van der Waals surface area contributed by atoms with E-state index in [0.717, 1.165) is 37.4 Å². The predicted molar refractivity (Wildman–Crippen MR) is 171 cm³/mol. The molecule has 228 valence electrons. The van der Waals surface area contributed by atoms with Crippen LogP contribution in [0.2, 0.25) is 0 Å². The fourth-order valence-corrected chi connectivity index (χ4v) is 8.09. The third-order valence-electron chi connectivity index (χ3n) is 8.33. The number of carboxylic acids is 1. The first-order valence-corrected chi connectivity index (χ1v) is 16.4. The van der Waals surface area contributed by atoms with E-state index >= 15 is 0 Å². The highest BCUT2D eigenvalue weighted by atomic mass is 32.2. The number of aliphatic hydroxyl groups excluding tert-OH is 1. The lowest BCUT2D eigenvalue weighted by molar-refractivity contribution is 0.0375. The van der Waals surface area contributed by atoms with Crippen LogP contribution in [0.1, 0.15) is 78.2 Å². The van der Waals surface area contributed by atoms with Crippen LogP contribution in [-0.2, 0) is 4.74 Å². The van der Waals surface area contributed by atoms with Crippen LogP contribution in [0, 0.1) is 11.8 Å². The Morgan fingerprint density at radius 1 is 0.644 bits per heavy atom. The molecule has 1 fully saturated rings. The molecule has 2 N–H and O–H groups in total. The van der Waals surface area contributed by atoms with Gasteiger partial charge in [-0.15, -0.1) is 0 Å². The molecule has 0 aromatic heterocycles. The number of aromatic carboxylic acids is 1. The van der Waals surface area contributed by atoms with Gasteiger partial charge in [0.1, 0.15) is 0 Å². The van der Waals surface area contributed by atoms with E-state index in [0.29, 0.717) is 37.7 Å². The molecule has 0 amide bonds. The molecule has 0 unspecified atom stereocenters. The largest absolute Gasteiger partial charge is 0.478 e. The van der Waals surface area contributed by atoms with Gasteiger partial charge in [0.05, 0.1) is 17.7 Å². The van der Waals surface area contributed by atoms with E-state index in [1.807, 2.05) is 6.07 Å². The van der Waals surface area contributed by atoms with Gasteiger partial charge >= 0.3 is 11.9 Å². The molecule has 4 aromatic rings. The highest BCUT2D eigenvalue weighted by Gasteiger charge is 2.34. The first kappa shape index (κ1) is 30.8. The second kappa shape index (κ2) is 13.4. The van der Waals surface area contributed by atoms with Crippen LogP contribution in [-0.4, -0.2) is 46.9 Å². The van der Waals surface area contributed by atoms with Crippen molar-refractivity contribution in [3.05, 3.63) is 118 Å². The van der Waals surface area contributed by atoms with Crippen LogP contribution < -0.4 is 0 Å². The Labute approximate surface area is 269 Å². The molecule has 0 spiro atoms. The third-order valence-corrected chi connectivity index (χ3v) is 10.6. The lowest BCUT2D eigenvalue weighted by atomic mass is 9.83. The minimum Gasteiger partial charge on any atom is -0.478 e. The van der Waals surface area contributed by atoms with E-state index in [-0.39, 0.29) is 51.9 Å². The Hall–Kier alpha value is -4.18. The Morgan fingerprint density at radius 2 is 1.11 bits per heavy atom. The summed E-state index contributed by atoms with van der Waals surface area (Å²) in [7, 11) is 0. The van der Waals surface area contributed by atoms with Gasteiger partial charge in [-0.1, -0.05) is 72.1 Å². The number of ether oxygens (including phenoxy) is 1. The van der Waals surface area contributed by atoms with Crippen molar-refractivity contribution in [3.8, 4) is 0 Å². The fourth-order valence-electron chi connectivity index (χ4n) is 5.89. The third kappa shape index (κ3) is 6.33. The van der Waals surface area contributed by atoms with Crippen LogP contribution in [0.5, 0.6) is 0 Å². The molecule has 0 atom stereocenters. The molecule has 2 aliphatic rings. The summed E-state index contributed by atoms with van der Waals surface area (Å²) in [5.74, 6) is -1.56. The standard InChI is InChI=1S/C36H30O7S2/c37-19-21-15-17-22(18-16-21)20-43-36(42)24-8-2-4-12-28(24)45-30-14-6-10-26-32(30)34(39)25-9-5-13-29(31(25)33(26)38)44-27-11-3-1-7-23(27)35(40)41/h1-14,21-22,37H,15-20H2,(H,40,41). The number of carbonyl (C=O) groups is 4. The zero-order chi connectivity index (χ0) is 31.5. The molecule has 9 heteroatoms. The monoisotopic (exact) mass is 638 g/mol. The van der Waals surface area contributed by atoms with Crippen LogP contribution in [0.4, 0.5) is 0 Å². The van der Waals surface area contributed by atoms with Crippen molar-refractivity contribution in [2.45, 2.75) is 45.3 Å². The zero-order valence-corrected chi connectivity index (χ0v) is 25.9. The second-order valence-corrected chi connectivity index (χ2v) is 13.4. The van der Waals surface area contributed by atoms with E-state index < -0.39 is 11.9 Å². The van der Waals surface area contributed by atoms with Gasteiger partial charge in [0.2, 0.25) is 0 Å². The summed E-state index contributed by atoms with van der Waals surface area (Å²) in [6.45, 7) is 0.513. The Kier molecular flexibility index (Phi) is 9.21. The number of hydrogen-bond acceptors (Lipinski definition) is 8. The molecular weight excluding hydrogens is 609 g/mol. The van der Waals surface area contributed by atoms with E-state index in [1.165, 1.54) is 17.8 Å². The number of rotatable bonds is 9.